The molecule has 0 spiro atoms. The van der Waals surface area contributed by atoms with Gasteiger partial charge in [-0.2, -0.15) is 0 Å². The van der Waals surface area contributed by atoms with Gasteiger partial charge in [-0.25, -0.2) is 30.6 Å². The number of carbonyl (C=O) groups excluding carboxylic acids is 3. The van der Waals surface area contributed by atoms with Gasteiger partial charge in [0.1, 0.15) is 0 Å². The Balaban J connectivity index is -0.0000000301. The molecule has 0 bridgehead atoms. The Hall–Kier alpha value is -1.86. The van der Waals surface area contributed by atoms with E-state index in [2.05, 4.69) is 0 Å². The summed E-state index contributed by atoms with van der Waals surface area (Å²) in [6.45, 7) is 4.00. The molecule has 0 amide bonds. The highest BCUT2D eigenvalue weighted by atomic mass is 16.1. The van der Waals surface area contributed by atoms with Gasteiger partial charge in [-0.15, -0.1) is 0 Å². The average Bonchev–Trinajstić information content (AvgIpc) is 1.96. The highest BCUT2D eigenvalue weighted by molar-refractivity contribution is 5.26. The zero-order valence-electron chi connectivity index (χ0n) is 6.22. The zero-order valence-corrected chi connectivity index (χ0v) is 6.22. The molecule has 0 heterocycles. The van der Waals surface area contributed by atoms with Crippen molar-refractivity contribution < 1.29 is 14.4 Å². The zero-order chi connectivity index (χ0) is 10.1. The third-order valence-corrected chi connectivity index (χ3v) is 0. The van der Waals surface area contributed by atoms with Gasteiger partial charge in [0.25, 0.3) is 0 Å². The fourth-order valence-electron chi connectivity index (χ4n) is 0. The topological polar surface area (TPSA) is 123 Å². The summed E-state index contributed by atoms with van der Waals surface area (Å²) in [5.74, 6) is 0. The van der Waals surface area contributed by atoms with Crippen LogP contribution in [0.3, 0.4) is 0 Å². The van der Waals surface area contributed by atoms with E-state index in [1.54, 1.807) is 0 Å². The summed E-state index contributed by atoms with van der Waals surface area (Å²) in [5, 5.41) is 16.2. The Bertz CT molecular complexity index is 109. The van der Waals surface area contributed by atoms with Gasteiger partial charge in [0.2, 0.25) is 18.2 Å². The minimum absolute atomic E-state index is 0.750. The van der Waals surface area contributed by atoms with Crippen molar-refractivity contribution in [2.75, 3.05) is 0 Å². The molecule has 0 aromatic heterocycles. The van der Waals surface area contributed by atoms with Crippen LogP contribution < -0.4 is 0 Å². The Morgan fingerprint density at radius 1 is 0.727 bits per heavy atom. The molecule has 6 nitrogen and oxygen atoms in total. The maximum Gasteiger partial charge on any atom is 0.231 e. The molecule has 0 saturated heterocycles. The van der Waals surface area contributed by atoms with E-state index in [-0.39, 0.29) is 0 Å². The Labute approximate surface area is 63.8 Å². The minimum atomic E-state index is 0.750. The molecule has 3 N–H and O–H groups in total. The monoisotopic (exact) mass is 159 g/mol. The van der Waals surface area contributed by atoms with Crippen molar-refractivity contribution in [3.63, 3.8) is 0 Å². The van der Waals surface area contributed by atoms with Crippen LogP contribution in [0.4, 0.5) is 0 Å². The third kappa shape index (κ3) is 88.7. The van der Waals surface area contributed by atoms with Gasteiger partial charge < -0.3 is 0 Å². The van der Waals surface area contributed by atoms with Gasteiger partial charge in [0.15, 0.2) is 0 Å². The predicted molar refractivity (Wildman–Crippen MR) is 36.6 cm³/mol. The largest absolute Gasteiger partial charge is 0.231 e. The molecule has 11 heavy (non-hydrogen) atoms. The first-order valence-electron chi connectivity index (χ1n) is 2.36. The molecule has 0 radical (unpaired) electrons. The van der Waals surface area contributed by atoms with E-state index in [0.29, 0.717) is 0 Å². The van der Waals surface area contributed by atoms with Crippen molar-refractivity contribution in [1.29, 1.82) is 16.2 Å². The number of isocyanates is 3. The van der Waals surface area contributed by atoms with Gasteiger partial charge in [0.05, 0.1) is 0 Å². The first kappa shape index (κ1) is 22.9. The molecule has 0 aliphatic heterocycles. The van der Waals surface area contributed by atoms with Crippen molar-refractivity contribution in [1.82, 2.24) is 0 Å². The van der Waals surface area contributed by atoms with Crippen molar-refractivity contribution >= 4 is 18.2 Å². The van der Waals surface area contributed by atoms with Gasteiger partial charge in [-0.1, -0.05) is 13.8 Å². The smallest absolute Gasteiger partial charge is 0.222 e. The second kappa shape index (κ2) is 319. The molecule has 6 heteroatoms. The second-order valence-corrected chi connectivity index (χ2v) is 0.306. The van der Waals surface area contributed by atoms with Gasteiger partial charge in [-0.05, 0) is 0 Å². The Morgan fingerprint density at radius 2 is 0.727 bits per heavy atom. The molecule has 0 rings (SSSR count). The molecule has 0 unspecified atom stereocenters. The van der Waals surface area contributed by atoms with Crippen molar-refractivity contribution in [2.24, 2.45) is 0 Å². The first-order valence-corrected chi connectivity index (χ1v) is 2.36. The summed E-state index contributed by atoms with van der Waals surface area (Å²) in [6.07, 6.45) is 2.25. The fraction of sp³-hybridized carbons (Fsp3) is 0.400. The highest BCUT2D eigenvalue weighted by Crippen LogP contribution is 1.14. The number of hydrogen-bond acceptors (Lipinski definition) is 6. The predicted octanol–water partition coefficient (Wildman–Crippen LogP) is 0.729. The van der Waals surface area contributed by atoms with E-state index < -0.39 is 0 Å². The van der Waals surface area contributed by atoms with E-state index >= 15 is 0 Å². The maximum absolute atomic E-state index is 8.35. The standard InChI is InChI=1S/C2H6.3CHNO/c1-2;3*2-1-3/h1-2H3;3*2H. The van der Waals surface area contributed by atoms with E-state index in [0.717, 1.165) is 18.2 Å². The van der Waals surface area contributed by atoms with E-state index in [1.807, 2.05) is 13.8 Å². The van der Waals surface area contributed by atoms with Gasteiger partial charge in [-0.3, -0.25) is 0 Å². The number of rotatable bonds is 0. The summed E-state index contributed by atoms with van der Waals surface area (Å²) < 4.78 is 0. The quantitative estimate of drug-likeness (QED) is 0.356. The summed E-state index contributed by atoms with van der Waals surface area (Å²) >= 11 is 0. The van der Waals surface area contributed by atoms with Crippen LogP contribution in [0.2, 0.25) is 0 Å². The van der Waals surface area contributed by atoms with E-state index in [4.69, 9.17) is 30.6 Å². The molecule has 0 aromatic rings. The molecular weight excluding hydrogens is 150 g/mol. The van der Waals surface area contributed by atoms with Gasteiger partial charge in [0, 0.05) is 0 Å². The summed E-state index contributed by atoms with van der Waals surface area (Å²) in [4.78, 5) is 25.0. The fourth-order valence-corrected chi connectivity index (χ4v) is 0. The lowest BCUT2D eigenvalue weighted by Gasteiger charge is -1.07. The van der Waals surface area contributed by atoms with Crippen LogP contribution in [0.5, 0.6) is 0 Å². The van der Waals surface area contributed by atoms with Crippen LogP contribution in [0.1, 0.15) is 13.8 Å². The molecule has 0 atom stereocenters. The molecular formula is C5H9N3O3. The summed E-state index contributed by atoms with van der Waals surface area (Å²) in [7, 11) is 0. The SMILES string of the molecule is CC.N=C=O.N=C=O.N=C=O. The molecule has 0 aliphatic carbocycles. The lowest BCUT2D eigenvalue weighted by atomic mass is 11.0. The van der Waals surface area contributed by atoms with Crippen LogP contribution >= 0.6 is 0 Å². The third-order valence-electron chi connectivity index (χ3n) is 0. The molecule has 0 aromatic carbocycles. The van der Waals surface area contributed by atoms with Crippen LogP contribution in [0, 0.1) is 16.2 Å². The van der Waals surface area contributed by atoms with Crippen LogP contribution in [-0.4, -0.2) is 18.2 Å². The molecule has 0 aliphatic rings. The molecule has 0 saturated carbocycles. The van der Waals surface area contributed by atoms with Crippen molar-refractivity contribution in [3.05, 3.63) is 0 Å². The first-order chi connectivity index (χ1) is 5.24. The molecule has 62 valence electrons. The van der Waals surface area contributed by atoms with Gasteiger partial charge >= 0.3 is 0 Å². The lowest BCUT2D eigenvalue weighted by molar-refractivity contribution is 0.562. The van der Waals surface area contributed by atoms with Crippen molar-refractivity contribution in [3.8, 4) is 0 Å². The normalized spacial score (nSPS) is 2.73. The highest BCUT2D eigenvalue weighted by Gasteiger charge is 1.04. The summed E-state index contributed by atoms with van der Waals surface area (Å²) in [5.41, 5.74) is 0. The number of nitrogens with one attached hydrogen (secondary N) is 3. The summed E-state index contributed by atoms with van der Waals surface area (Å²) in [6, 6.07) is 0. The second-order valence-electron chi connectivity index (χ2n) is 0.306. The lowest BCUT2D eigenvalue weighted by Crippen LogP contribution is -1.16. The molecule has 0 fully saturated rings. The van der Waals surface area contributed by atoms with Crippen LogP contribution in [0.15, 0.2) is 0 Å². The average molecular weight is 159 g/mol. The number of hydrogen-bond donors (Lipinski definition) is 3. The van der Waals surface area contributed by atoms with E-state index in [1.165, 1.54) is 0 Å². The van der Waals surface area contributed by atoms with Crippen molar-refractivity contribution in [2.45, 2.75) is 13.8 Å². The van der Waals surface area contributed by atoms with E-state index in [9.17, 15) is 0 Å². The Kier molecular flexibility index (Phi) is 665. The Morgan fingerprint density at radius 3 is 0.727 bits per heavy atom. The minimum Gasteiger partial charge on any atom is -0.222 e. The van der Waals surface area contributed by atoms with Crippen LogP contribution in [0.25, 0.3) is 0 Å². The maximum atomic E-state index is 8.35. The van der Waals surface area contributed by atoms with Crippen LogP contribution in [-0.2, 0) is 14.4 Å².